The summed E-state index contributed by atoms with van der Waals surface area (Å²) in [6.45, 7) is 4.90. The number of ether oxygens (including phenoxy) is 4. The lowest BCUT2D eigenvalue weighted by Gasteiger charge is -2.58. The van der Waals surface area contributed by atoms with Gasteiger partial charge in [0.25, 0.3) is 0 Å². The summed E-state index contributed by atoms with van der Waals surface area (Å²) in [5.41, 5.74) is 5.25. The maximum Gasteiger partial charge on any atom is 0.230 e. The minimum atomic E-state index is -1.11. The average molecular weight is 834 g/mol. The number of nitrogens with zero attached hydrogens (tertiary/aromatic N) is 3. The maximum absolute atomic E-state index is 11.9. The first-order chi connectivity index (χ1) is 29.5. The molecule has 1 saturated carbocycles. The number of thioether (sulfide) groups is 1. The number of aliphatic hydroxyl groups is 2. The summed E-state index contributed by atoms with van der Waals surface area (Å²) in [6.07, 6.45) is 16.2. The van der Waals surface area contributed by atoms with Crippen LogP contribution in [0.3, 0.4) is 0 Å². The van der Waals surface area contributed by atoms with E-state index >= 15 is 0 Å². The number of rotatable bonds is 22. The molecule has 4 aromatic rings. The number of methoxy groups -OCH3 is 1. The molecule has 6 atom stereocenters. The molecular weight excluding hydrogens is 779 g/mol. The van der Waals surface area contributed by atoms with Gasteiger partial charge < -0.3 is 34.0 Å². The molecule has 2 N–H and O–H groups in total. The van der Waals surface area contributed by atoms with Crippen LogP contribution in [0.15, 0.2) is 115 Å². The minimum absolute atomic E-state index is 0.107. The van der Waals surface area contributed by atoms with Crippen molar-refractivity contribution in [2.45, 2.75) is 74.9 Å². The van der Waals surface area contributed by atoms with Crippen LogP contribution in [0.1, 0.15) is 78.0 Å². The van der Waals surface area contributed by atoms with Gasteiger partial charge in [-0.2, -0.15) is 11.8 Å². The lowest BCUT2D eigenvalue weighted by Crippen LogP contribution is -2.64. The van der Waals surface area contributed by atoms with Crippen LogP contribution in [0.2, 0.25) is 0 Å². The third kappa shape index (κ3) is 9.78. The van der Waals surface area contributed by atoms with Crippen LogP contribution in [0.25, 0.3) is 0 Å². The van der Waals surface area contributed by atoms with Gasteiger partial charge >= 0.3 is 0 Å². The Balaban J connectivity index is 1.36. The second-order valence-electron chi connectivity index (χ2n) is 15.4. The number of benzene rings is 3. The zero-order valence-electron chi connectivity index (χ0n) is 34.2. The normalized spacial score (nSPS) is 23.4. The first-order valence-corrected chi connectivity index (χ1v) is 22.0. The van der Waals surface area contributed by atoms with Crippen molar-refractivity contribution in [2.24, 2.45) is 22.9 Å². The molecule has 3 aliphatic rings. The van der Waals surface area contributed by atoms with E-state index in [-0.39, 0.29) is 48.7 Å². The van der Waals surface area contributed by atoms with Gasteiger partial charge in [0.2, 0.25) is 5.79 Å². The summed E-state index contributed by atoms with van der Waals surface area (Å²) in [4.78, 5) is 26.9. The molecule has 2 heterocycles. The fourth-order valence-corrected chi connectivity index (χ4v) is 10.4. The Labute approximate surface area is 356 Å². The number of aryl methyl sites for hydroxylation is 1. The van der Waals surface area contributed by atoms with Crippen molar-refractivity contribution in [2.75, 3.05) is 32.7 Å². The Morgan fingerprint density at radius 1 is 1.00 bits per heavy atom. The second kappa shape index (κ2) is 21.0. The lowest BCUT2D eigenvalue weighted by molar-refractivity contribution is -0.223. The summed E-state index contributed by atoms with van der Waals surface area (Å²) >= 11 is 1.79. The van der Waals surface area contributed by atoms with Crippen LogP contribution in [-0.2, 0) is 22.6 Å². The smallest absolute Gasteiger partial charge is 0.230 e. The van der Waals surface area contributed by atoms with E-state index in [0.717, 1.165) is 71.6 Å². The van der Waals surface area contributed by atoms with E-state index in [1.807, 2.05) is 42.5 Å². The third-order valence-corrected chi connectivity index (χ3v) is 13.1. The standard InChI is InChI=1S/C48H55N3O8S/c1-3-24-56-48-45(60-25-19-36-30-49-20-21-50-36)29-42(51-57-32-33-11-5-4-6-12-33)40-27-34(13-7-9-22-52)39(14-8-10-23-53)46(47(40)48)41-28-38(16-18-44(41)59-48)58-37-15-17-43(55-2)35(26-37)31-54/h3-6,11-12,15-18,20-21,26-28,30-31,34,39,45-47,52-53H,1,7-10,13-14,19,22-25,29,32H2,2H3/t34-,39+,45-,46+,47+,48+/m0/s1. The van der Waals surface area contributed by atoms with Crippen molar-refractivity contribution < 1.29 is 38.8 Å². The summed E-state index contributed by atoms with van der Waals surface area (Å²) in [6, 6.07) is 21.2. The first-order valence-electron chi connectivity index (χ1n) is 20.9. The molecule has 11 nitrogen and oxygen atoms in total. The molecule has 1 fully saturated rings. The number of unbranched alkanes of at least 4 members (excludes halogenated alkanes) is 2. The largest absolute Gasteiger partial charge is 0.496 e. The van der Waals surface area contributed by atoms with Crippen LogP contribution in [0.5, 0.6) is 23.0 Å². The van der Waals surface area contributed by atoms with E-state index < -0.39 is 5.79 Å². The number of carbonyl (C=O) groups excluding carboxylic acids is 1. The number of hydrogen-bond donors (Lipinski definition) is 2. The zero-order valence-corrected chi connectivity index (χ0v) is 35.0. The maximum atomic E-state index is 11.9. The van der Waals surface area contributed by atoms with Gasteiger partial charge in [0.15, 0.2) is 6.29 Å². The van der Waals surface area contributed by atoms with E-state index in [0.29, 0.717) is 55.1 Å². The van der Waals surface area contributed by atoms with E-state index in [2.05, 4.69) is 28.7 Å². The Morgan fingerprint density at radius 3 is 2.55 bits per heavy atom. The molecule has 1 aromatic heterocycles. The SMILES string of the molecule is C=CCO[C@@]12Oc3ccc(Oc4ccc(OC)c(C=O)c4)cc3[C@H]3[C@H](CCCCO)[C@@H](CCCCO)C=C(C(=NOCc4ccccc4)C[C@@H]1SCCc1cnccn1)[C@H]32. The molecule has 60 heavy (non-hydrogen) atoms. The fraction of sp³-hybridized carbons (Fsp3) is 0.417. The van der Waals surface area contributed by atoms with E-state index in [9.17, 15) is 15.0 Å². The van der Waals surface area contributed by atoms with Gasteiger partial charge in [-0.15, -0.1) is 6.58 Å². The number of oxime groups is 1. The van der Waals surface area contributed by atoms with Gasteiger partial charge in [-0.25, -0.2) is 0 Å². The summed E-state index contributed by atoms with van der Waals surface area (Å²) < 4.78 is 26.2. The Kier molecular flexibility index (Phi) is 15.1. The van der Waals surface area contributed by atoms with Gasteiger partial charge in [0.1, 0.15) is 29.6 Å². The molecule has 1 aliphatic heterocycles. The predicted octanol–water partition coefficient (Wildman–Crippen LogP) is 8.90. The van der Waals surface area contributed by atoms with Crippen LogP contribution in [0.4, 0.5) is 0 Å². The third-order valence-electron chi connectivity index (χ3n) is 11.7. The molecule has 0 radical (unpaired) electrons. The van der Waals surface area contributed by atoms with Crippen molar-refractivity contribution in [3.8, 4) is 23.0 Å². The van der Waals surface area contributed by atoms with E-state index in [1.165, 1.54) is 7.11 Å². The Morgan fingerprint density at radius 2 is 1.80 bits per heavy atom. The number of aliphatic hydroxyl groups excluding tert-OH is 2. The lowest BCUT2D eigenvalue weighted by atomic mass is 9.56. The molecule has 3 aromatic carbocycles. The molecule has 0 amide bonds. The number of carbonyl (C=O) groups is 1. The van der Waals surface area contributed by atoms with Crippen molar-refractivity contribution in [3.05, 3.63) is 132 Å². The number of hydrogen-bond acceptors (Lipinski definition) is 12. The summed E-state index contributed by atoms with van der Waals surface area (Å²) in [5, 5.41) is 24.6. The highest BCUT2D eigenvalue weighted by atomic mass is 32.2. The van der Waals surface area contributed by atoms with Gasteiger partial charge in [-0.3, -0.25) is 14.8 Å². The van der Waals surface area contributed by atoms with Crippen molar-refractivity contribution in [3.63, 3.8) is 0 Å². The molecular formula is C48H55N3O8S. The van der Waals surface area contributed by atoms with Crippen LogP contribution < -0.4 is 14.2 Å². The Hall–Kier alpha value is -5.01. The molecule has 7 rings (SSSR count). The topological polar surface area (TPSA) is 142 Å². The van der Waals surface area contributed by atoms with Crippen molar-refractivity contribution >= 4 is 23.8 Å². The highest BCUT2D eigenvalue weighted by Crippen LogP contribution is 2.62. The van der Waals surface area contributed by atoms with Gasteiger partial charge in [0, 0.05) is 56.1 Å². The summed E-state index contributed by atoms with van der Waals surface area (Å²) in [5.74, 6) is 1.80. The fourth-order valence-electron chi connectivity index (χ4n) is 9.07. The number of aromatic nitrogens is 2. The molecule has 0 unspecified atom stereocenters. The predicted molar refractivity (Wildman–Crippen MR) is 233 cm³/mol. The summed E-state index contributed by atoms with van der Waals surface area (Å²) in [7, 11) is 1.53. The second-order valence-corrected chi connectivity index (χ2v) is 16.8. The molecule has 12 heteroatoms. The molecule has 0 spiro atoms. The molecule has 0 bridgehead atoms. The highest BCUT2D eigenvalue weighted by molar-refractivity contribution is 8.00. The Bertz CT molecular complexity index is 2100. The number of fused-ring (bicyclic) bond motifs is 2. The quantitative estimate of drug-likeness (QED) is 0.0339. The van der Waals surface area contributed by atoms with Gasteiger partial charge in [0.05, 0.1) is 41.9 Å². The zero-order chi connectivity index (χ0) is 41.7. The molecule has 316 valence electrons. The number of allylic oxidation sites excluding steroid dienone is 1. The van der Waals surface area contributed by atoms with Crippen LogP contribution in [-0.4, -0.2) is 75.9 Å². The highest BCUT2D eigenvalue weighted by Gasteiger charge is 2.64. The number of aldehydes is 1. The van der Waals surface area contributed by atoms with Crippen molar-refractivity contribution in [1.82, 2.24) is 9.97 Å². The van der Waals surface area contributed by atoms with Crippen LogP contribution in [0, 0.1) is 17.8 Å². The van der Waals surface area contributed by atoms with Crippen LogP contribution >= 0.6 is 11.8 Å². The van der Waals surface area contributed by atoms with E-state index in [4.69, 9.17) is 28.9 Å². The first kappa shape index (κ1) is 43.1. The average Bonchev–Trinajstić information content (AvgIpc) is 3.28. The van der Waals surface area contributed by atoms with Gasteiger partial charge in [-0.1, -0.05) is 60.5 Å². The monoisotopic (exact) mass is 833 g/mol. The molecule has 0 saturated heterocycles. The molecule has 2 aliphatic carbocycles. The van der Waals surface area contributed by atoms with E-state index in [1.54, 1.807) is 54.6 Å². The minimum Gasteiger partial charge on any atom is -0.496 e. The van der Waals surface area contributed by atoms with Crippen molar-refractivity contribution in [1.29, 1.82) is 0 Å². The van der Waals surface area contributed by atoms with Gasteiger partial charge in [-0.05, 0) is 90.8 Å².